The van der Waals surface area contributed by atoms with Crippen molar-refractivity contribution in [3.63, 3.8) is 0 Å². The van der Waals surface area contributed by atoms with Crippen molar-refractivity contribution in [3.05, 3.63) is 35.4 Å². The molecule has 1 aliphatic carbocycles. The molecule has 0 heterocycles. The van der Waals surface area contributed by atoms with E-state index in [2.05, 4.69) is 5.32 Å². The lowest BCUT2D eigenvalue weighted by atomic mass is 9.77. The topological polar surface area (TPSA) is 69.6 Å². The Hall–Kier alpha value is -1.39. The van der Waals surface area contributed by atoms with Crippen molar-refractivity contribution in [2.24, 2.45) is 0 Å². The number of aliphatic hydroxyl groups excluding tert-OH is 1. The molecule has 0 atom stereocenters. The molecule has 17 heavy (non-hydrogen) atoms. The Labute approximate surface area is 100 Å². The van der Waals surface area contributed by atoms with Gasteiger partial charge in [0.2, 0.25) is 0 Å². The highest BCUT2D eigenvalue weighted by molar-refractivity contribution is 5.89. The number of aromatic carboxylic acids is 1. The summed E-state index contributed by atoms with van der Waals surface area (Å²) < 4.78 is 0. The standard InChI is InChI=1S/C13H17NO3/c15-9-13(6-3-7-13)14-8-10-4-1-2-5-11(10)12(16)17/h1-2,4-5,14-15H,3,6-9H2,(H,16,17). The monoisotopic (exact) mass is 235 g/mol. The molecule has 1 aliphatic rings. The smallest absolute Gasteiger partial charge is 0.336 e. The molecule has 1 aromatic rings. The number of hydrogen-bond acceptors (Lipinski definition) is 3. The number of carbonyl (C=O) groups is 1. The van der Waals surface area contributed by atoms with Gasteiger partial charge in [-0.25, -0.2) is 4.79 Å². The van der Waals surface area contributed by atoms with Crippen molar-refractivity contribution in [3.8, 4) is 0 Å². The van der Waals surface area contributed by atoms with Crippen LogP contribution in [0.1, 0.15) is 35.2 Å². The summed E-state index contributed by atoms with van der Waals surface area (Å²) in [5, 5.41) is 21.6. The maximum absolute atomic E-state index is 11.0. The summed E-state index contributed by atoms with van der Waals surface area (Å²) >= 11 is 0. The van der Waals surface area contributed by atoms with Crippen LogP contribution < -0.4 is 5.32 Å². The maximum atomic E-state index is 11.0. The van der Waals surface area contributed by atoms with E-state index in [1.54, 1.807) is 18.2 Å². The first-order valence-electron chi connectivity index (χ1n) is 5.84. The summed E-state index contributed by atoms with van der Waals surface area (Å²) in [6, 6.07) is 6.96. The Morgan fingerprint density at radius 1 is 1.35 bits per heavy atom. The Bertz CT molecular complexity index is 407. The maximum Gasteiger partial charge on any atom is 0.336 e. The van der Waals surface area contributed by atoms with Gasteiger partial charge in [0, 0.05) is 12.1 Å². The van der Waals surface area contributed by atoms with E-state index in [9.17, 15) is 9.90 Å². The quantitative estimate of drug-likeness (QED) is 0.721. The first-order chi connectivity index (χ1) is 8.17. The number of benzene rings is 1. The summed E-state index contributed by atoms with van der Waals surface area (Å²) in [6.45, 7) is 0.602. The average Bonchev–Trinajstić information content (AvgIpc) is 2.28. The van der Waals surface area contributed by atoms with Crippen LogP contribution in [0, 0.1) is 0 Å². The van der Waals surface area contributed by atoms with Crippen LogP contribution in [0.15, 0.2) is 24.3 Å². The van der Waals surface area contributed by atoms with Crippen LogP contribution in [0.3, 0.4) is 0 Å². The second-order valence-electron chi connectivity index (χ2n) is 4.61. The third kappa shape index (κ3) is 2.48. The number of carboxylic acids is 1. The molecule has 0 spiro atoms. The summed E-state index contributed by atoms with van der Waals surface area (Å²) in [5.41, 5.74) is 0.901. The Morgan fingerprint density at radius 3 is 2.59 bits per heavy atom. The second kappa shape index (κ2) is 4.85. The normalized spacial score (nSPS) is 17.5. The minimum absolute atomic E-state index is 0.113. The largest absolute Gasteiger partial charge is 0.478 e. The van der Waals surface area contributed by atoms with Crippen LogP contribution in [-0.4, -0.2) is 28.3 Å². The molecule has 1 aromatic carbocycles. The average molecular weight is 235 g/mol. The van der Waals surface area contributed by atoms with Crippen molar-refractivity contribution in [1.29, 1.82) is 0 Å². The molecule has 4 nitrogen and oxygen atoms in total. The molecule has 2 rings (SSSR count). The first kappa shape index (κ1) is 12.1. The molecule has 4 heteroatoms. The van der Waals surface area contributed by atoms with Gasteiger partial charge in [0.15, 0.2) is 0 Å². The zero-order valence-electron chi connectivity index (χ0n) is 9.65. The van der Waals surface area contributed by atoms with Crippen LogP contribution in [0.2, 0.25) is 0 Å². The third-order valence-corrected chi connectivity index (χ3v) is 3.51. The lowest BCUT2D eigenvalue weighted by molar-refractivity contribution is 0.0692. The molecular formula is C13H17NO3. The van der Waals surface area contributed by atoms with E-state index in [-0.39, 0.29) is 12.1 Å². The van der Waals surface area contributed by atoms with Gasteiger partial charge in [-0.1, -0.05) is 18.2 Å². The van der Waals surface area contributed by atoms with Crippen LogP contribution >= 0.6 is 0 Å². The molecular weight excluding hydrogens is 218 g/mol. The van der Waals surface area contributed by atoms with Gasteiger partial charge in [0.25, 0.3) is 0 Å². The highest BCUT2D eigenvalue weighted by Crippen LogP contribution is 2.31. The van der Waals surface area contributed by atoms with E-state index in [0.717, 1.165) is 24.8 Å². The van der Waals surface area contributed by atoms with Crippen molar-refractivity contribution in [1.82, 2.24) is 5.32 Å². The predicted molar refractivity (Wildman–Crippen MR) is 63.9 cm³/mol. The molecule has 0 amide bonds. The molecule has 0 aliphatic heterocycles. The molecule has 92 valence electrons. The van der Waals surface area contributed by atoms with Gasteiger partial charge in [0.05, 0.1) is 12.2 Å². The fourth-order valence-corrected chi connectivity index (χ4v) is 2.16. The molecule has 3 N–H and O–H groups in total. The fraction of sp³-hybridized carbons (Fsp3) is 0.462. The summed E-state index contributed by atoms with van der Waals surface area (Å²) in [4.78, 5) is 11.0. The molecule has 1 saturated carbocycles. The fourth-order valence-electron chi connectivity index (χ4n) is 2.16. The Balaban J connectivity index is 2.06. The second-order valence-corrected chi connectivity index (χ2v) is 4.61. The Kier molecular flexibility index (Phi) is 3.45. The molecule has 0 unspecified atom stereocenters. The zero-order chi connectivity index (χ0) is 12.3. The van der Waals surface area contributed by atoms with Crippen molar-refractivity contribution < 1.29 is 15.0 Å². The zero-order valence-corrected chi connectivity index (χ0v) is 9.65. The summed E-state index contributed by atoms with van der Waals surface area (Å²) in [6.07, 6.45) is 3.03. The molecule has 0 radical (unpaired) electrons. The van der Waals surface area contributed by atoms with E-state index in [0.29, 0.717) is 12.1 Å². The third-order valence-electron chi connectivity index (χ3n) is 3.51. The minimum Gasteiger partial charge on any atom is -0.478 e. The first-order valence-corrected chi connectivity index (χ1v) is 5.84. The van der Waals surface area contributed by atoms with Gasteiger partial charge in [-0.05, 0) is 30.9 Å². The van der Waals surface area contributed by atoms with Gasteiger partial charge < -0.3 is 15.5 Å². The summed E-state index contributed by atoms with van der Waals surface area (Å²) in [5.74, 6) is -0.908. The van der Waals surface area contributed by atoms with Crippen LogP contribution in [0.25, 0.3) is 0 Å². The molecule has 0 saturated heterocycles. The lowest BCUT2D eigenvalue weighted by Gasteiger charge is -2.41. The van der Waals surface area contributed by atoms with Gasteiger partial charge in [0.1, 0.15) is 0 Å². The van der Waals surface area contributed by atoms with Crippen LogP contribution in [0.5, 0.6) is 0 Å². The van der Waals surface area contributed by atoms with Gasteiger partial charge >= 0.3 is 5.97 Å². The van der Waals surface area contributed by atoms with E-state index in [1.807, 2.05) is 6.07 Å². The molecule has 0 bridgehead atoms. The van der Waals surface area contributed by atoms with Crippen molar-refractivity contribution in [2.75, 3.05) is 6.61 Å². The number of nitrogens with one attached hydrogen (secondary N) is 1. The molecule has 1 fully saturated rings. The summed E-state index contributed by atoms with van der Waals surface area (Å²) in [7, 11) is 0. The van der Waals surface area contributed by atoms with Crippen LogP contribution in [0.4, 0.5) is 0 Å². The predicted octanol–water partition coefficient (Wildman–Crippen LogP) is 1.39. The minimum atomic E-state index is -0.908. The van der Waals surface area contributed by atoms with Crippen LogP contribution in [-0.2, 0) is 6.54 Å². The van der Waals surface area contributed by atoms with Crippen molar-refractivity contribution >= 4 is 5.97 Å². The van der Waals surface area contributed by atoms with Gasteiger partial charge in [-0.3, -0.25) is 0 Å². The van der Waals surface area contributed by atoms with E-state index in [1.165, 1.54) is 0 Å². The number of hydrogen-bond donors (Lipinski definition) is 3. The number of aliphatic hydroxyl groups is 1. The van der Waals surface area contributed by atoms with Gasteiger partial charge in [-0.15, -0.1) is 0 Å². The number of rotatable bonds is 5. The number of carboxylic acid groups (broad SMARTS) is 1. The Morgan fingerprint density at radius 2 is 2.06 bits per heavy atom. The van der Waals surface area contributed by atoms with E-state index >= 15 is 0 Å². The lowest BCUT2D eigenvalue weighted by Crippen LogP contribution is -2.53. The molecule has 0 aromatic heterocycles. The van der Waals surface area contributed by atoms with E-state index in [4.69, 9.17) is 5.11 Å². The van der Waals surface area contributed by atoms with E-state index < -0.39 is 5.97 Å². The SMILES string of the molecule is O=C(O)c1ccccc1CNC1(CO)CCC1. The van der Waals surface area contributed by atoms with Gasteiger partial charge in [-0.2, -0.15) is 0 Å². The van der Waals surface area contributed by atoms with Crippen molar-refractivity contribution in [2.45, 2.75) is 31.3 Å². The highest BCUT2D eigenvalue weighted by Gasteiger charge is 2.35. The highest BCUT2D eigenvalue weighted by atomic mass is 16.4.